The second-order valence-corrected chi connectivity index (χ2v) is 6.27. The number of aryl methyl sites for hydroxylation is 1. The van der Waals surface area contributed by atoms with Crippen molar-refractivity contribution in [2.45, 2.75) is 31.8 Å². The van der Waals surface area contributed by atoms with E-state index in [9.17, 15) is 10.1 Å². The van der Waals surface area contributed by atoms with Gasteiger partial charge in [0, 0.05) is 5.56 Å². The number of H-pyrrole nitrogens is 1. The number of methoxy groups -OCH3 is 1. The fourth-order valence-electron chi connectivity index (χ4n) is 2.43. The summed E-state index contributed by atoms with van der Waals surface area (Å²) in [6, 6.07) is 5.86. The minimum atomic E-state index is -0.414. The minimum absolute atomic E-state index is 0.0331. The Morgan fingerprint density at radius 3 is 2.61 bits per heavy atom. The number of aromatic amines is 1. The summed E-state index contributed by atoms with van der Waals surface area (Å²) >= 11 is 1.33. The maximum Gasteiger partial charge on any atom is 0.270 e. The van der Waals surface area contributed by atoms with E-state index >= 15 is 0 Å². The van der Waals surface area contributed by atoms with Gasteiger partial charge in [-0.3, -0.25) is 4.79 Å². The third-order valence-corrected chi connectivity index (χ3v) is 4.24. The Labute approximate surface area is 139 Å². The summed E-state index contributed by atoms with van der Waals surface area (Å²) in [5.74, 6) is 1.05. The van der Waals surface area contributed by atoms with Gasteiger partial charge in [-0.2, -0.15) is 5.26 Å². The monoisotopic (exact) mass is 329 g/mol. The van der Waals surface area contributed by atoms with Crippen molar-refractivity contribution in [3.05, 3.63) is 39.2 Å². The van der Waals surface area contributed by atoms with Crippen molar-refractivity contribution in [1.29, 1.82) is 5.26 Å². The molecule has 0 radical (unpaired) electrons. The van der Waals surface area contributed by atoms with Crippen LogP contribution in [0.25, 0.3) is 11.3 Å². The van der Waals surface area contributed by atoms with Gasteiger partial charge in [-0.05, 0) is 42.4 Å². The number of thioether (sulfide) groups is 1. The van der Waals surface area contributed by atoms with E-state index < -0.39 is 5.56 Å². The lowest BCUT2D eigenvalue weighted by molar-refractivity contribution is 0.407. The molecule has 0 aliphatic rings. The van der Waals surface area contributed by atoms with Gasteiger partial charge in [0.1, 0.15) is 17.4 Å². The molecule has 2 rings (SSSR count). The van der Waals surface area contributed by atoms with E-state index in [1.165, 1.54) is 11.8 Å². The van der Waals surface area contributed by atoms with E-state index in [-0.39, 0.29) is 11.5 Å². The van der Waals surface area contributed by atoms with Crippen molar-refractivity contribution < 1.29 is 4.74 Å². The van der Waals surface area contributed by atoms with Crippen molar-refractivity contribution in [1.82, 2.24) is 9.97 Å². The molecule has 0 bridgehead atoms. The van der Waals surface area contributed by atoms with Gasteiger partial charge < -0.3 is 9.72 Å². The summed E-state index contributed by atoms with van der Waals surface area (Å²) in [5, 5.41) is 9.84. The molecule has 0 saturated heterocycles. The van der Waals surface area contributed by atoms with Gasteiger partial charge in [-0.15, -0.1) is 0 Å². The highest BCUT2D eigenvalue weighted by Crippen LogP contribution is 2.34. The molecule has 0 saturated carbocycles. The summed E-state index contributed by atoms with van der Waals surface area (Å²) in [6.07, 6.45) is 1.83. The van der Waals surface area contributed by atoms with Gasteiger partial charge in [0.25, 0.3) is 5.56 Å². The minimum Gasteiger partial charge on any atom is -0.496 e. The fourth-order valence-corrected chi connectivity index (χ4v) is 2.81. The van der Waals surface area contributed by atoms with Gasteiger partial charge in [-0.25, -0.2) is 4.98 Å². The SMILES string of the molecule is COc1cc(C)c(-c2nc(SC)[nH]c(=O)c2C#N)cc1C(C)C. The Kier molecular flexibility index (Phi) is 5.12. The van der Waals surface area contributed by atoms with Crippen molar-refractivity contribution in [2.75, 3.05) is 13.4 Å². The molecule has 0 aliphatic heterocycles. The molecule has 0 spiro atoms. The predicted octanol–water partition coefficient (Wildman–Crippen LogP) is 3.47. The lowest BCUT2D eigenvalue weighted by Gasteiger charge is -2.16. The number of nitrogens with zero attached hydrogens (tertiary/aromatic N) is 2. The Hall–Kier alpha value is -2.26. The number of nitriles is 1. The molecule has 6 heteroatoms. The van der Waals surface area contributed by atoms with Gasteiger partial charge in [0.2, 0.25) is 0 Å². The first kappa shape index (κ1) is 17.1. The fraction of sp³-hybridized carbons (Fsp3) is 0.353. The zero-order valence-electron chi connectivity index (χ0n) is 13.9. The highest BCUT2D eigenvalue weighted by Gasteiger charge is 2.18. The highest BCUT2D eigenvalue weighted by atomic mass is 32.2. The summed E-state index contributed by atoms with van der Waals surface area (Å²) < 4.78 is 5.45. The normalized spacial score (nSPS) is 10.7. The standard InChI is InChI=1S/C17H19N3O2S/c1-9(2)11-7-12(10(3)6-14(11)22-4)15-13(8-18)16(21)20-17(19-15)23-5/h6-7,9H,1-5H3,(H,19,20,21). The summed E-state index contributed by atoms with van der Waals surface area (Å²) in [6.45, 7) is 6.06. The molecule has 1 aromatic heterocycles. The van der Waals surface area contributed by atoms with Gasteiger partial charge in [0.15, 0.2) is 5.16 Å². The molecule has 2 aromatic rings. The summed E-state index contributed by atoms with van der Waals surface area (Å²) in [5.41, 5.74) is 2.75. The van der Waals surface area contributed by atoms with Crippen molar-refractivity contribution in [2.24, 2.45) is 0 Å². The zero-order valence-corrected chi connectivity index (χ0v) is 14.7. The molecule has 5 nitrogen and oxygen atoms in total. The Bertz CT molecular complexity index is 835. The topological polar surface area (TPSA) is 78.8 Å². The first-order valence-corrected chi connectivity index (χ1v) is 8.42. The van der Waals surface area contributed by atoms with Crippen LogP contribution in [0.4, 0.5) is 0 Å². The molecule has 1 heterocycles. The largest absolute Gasteiger partial charge is 0.496 e. The average molecular weight is 329 g/mol. The zero-order chi connectivity index (χ0) is 17.1. The van der Waals surface area contributed by atoms with E-state index in [0.29, 0.717) is 10.9 Å². The number of hydrogen-bond donors (Lipinski definition) is 1. The quantitative estimate of drug-likeness (QED) is 0.686. The van der Waals surface area contributed by atoms with Crippen molar-refractivity contribution in [3.63, 3.8) is 0 Å². The van der Waals surface area contributed by atoms with Crippen LogP contribution in [0.1, 0.15) is 36.5 Å². The molecule has 0 fully saturated rings. The Balaban J connectivity index is 2.82. The van der Waals surface area contributed by atoms with Crippen LogP contribution in [-0.2, 0) is 0 Å². The lowest BCUT2D eigenvalue weighted by atomic mass is 9.94. The summed E-state index contributed by atoms with van der Waals surface area (Å²) in [7, 11) is 1.64. The van der Waals surface area contributed by atoms with Gasteiger partial charge in [-0.1, -0.05) is 25.6 Å². The van der Waals surface area contributed by atoms with Crippen LogP contribution in [0.5, 0.6) is 5.75 Å². The Morgan fingerprint density at radius 1 is 1.39 bits per heavy atom. The molecule has 0 amide bonds. The molecule has 23 heavy (non-hydrogen) atoms. The number of benzene rings is 1. The van der Waals surface area contributed by atoms with E-state index in [2.05, 4.69) is 23.8 Å². The maximum atomic E-state index is 12.1. The van der Waals surface area contributed by atoms with E-state index in [1.807, 2.05) is 31.4 Å². The van der Waals surface area contributed by atoms with Gasteiger partial charge in [0.05, 0.1) is 12.8 Å². The molecule has 0 aliphatic carbocycles. The number of nitrogens with one attached hydrogen (secondary N) is 1. The highest BCUT2D eigenvalue weighted by molar-refractivity contribution is 7.98. The number of hydrogen-bond acceptors (Lipinski definition) is 5. The van der Waals surface area contributed by atoms with E-state index in [1.54, 1.807) is 7.11 Å². The number of rotatable bonds is 4. The van der Waals surface area contributed by atoms with Crippen LogP contribution in [0.2, 0.25) is 0 Å². The molecular weight excluding hydrogens is 310 g/mol. The average Bonchev–Trinajstić information content (AvgIpc) is 2.53. The van der Waals surface area contributed by atoms with E-state index in [0.717, 1.165) is 22.4 Å². The smallest absolute Gasteiger partial charge is 0.270 e. The van der Waals surface area contributed by atoms with E-state index in [4.69, 9.17) is 4.74 Å². The molecule has 1 aromatic carbocycles. The summed E-state index contributed by atoms with van der Waals surface area (Å²) in [4.78, 5) is 19.2. The predicted molar refractivity (Wildman–Crippen MR) is 92.2 cm³/mol. The van der Waals surface area contributed by atoms with Gasteiger partial charge >= 0.3 is 0 Å². The third-order valence-electron chi connectivity index (χ3n) is 3.66. The molecule has 0 unspecified atom stereocenters. The van der Waals surface area contributed by atoms with Crippen LogP contribution in [0.3, 0.4) is 0 Å². The lowest BCUT2D eigenvalue weighted by Crippen LogP contribution is -2.15. The first-order chi connectivity index (χ1) is 10.9. The van der Waals surface area contributed by atoms with Crippen LogP contribution >= 0.6 is 11.8 Å². The second kappa shape index (κ2) is 6.88. The molecule has 1 N–H and O–H groups in total. The third kappa shape index (κ3) is 3.25. The molecule has 0 atom stereocenters. The van der Waals surface area contributed by atoms with Crippen LogP contribution in [-0.4, -0.2) is 23.3 Å². The first-order valence-electron chi connectivity index (χ1n) is 7.20. The van der Waals surface area contributed by atoms with Crippen molar-refractivity contribution in [3.8, 4) is 23.1 Å². The molecule has 120 valence electrons. The number of aromatic nitrogens is 2. The maximum absolute atomic E-state index is 12.1. The van der Waals surface area contributed by atoms with Crippen LogP contribution in [0, 0.1) is 18.3 Å². The van der Waals surface area contributed by atoms with Crippen LogP contribution < -0.4 is 10.3 Å². The second-order valence-electron chi connectivity index (χ2n) is 5.47. The number of ether oxygens (including phenoxy) is 1. The molecular formula is C17H19N3O2S. The Morgan fingerprint density at radius 2 is 2.09 bits per heavy atom. The van der Waals surface area contributed by atoms with Crippen molar-refractivity contribution >= 4 is 11.8 Å². The van der Waals surface area contributed by atoms with Crippen LogP contribution in [0.15, 0.2) is 22.1 Å².